The van der Waals surface area contributed by atoms with E-state index in [1.165, 1.54) is 126 Å². The molecule has 2 aliphatic rings. The predicted molar refractivity (Wildman–Crippen MR) is 278 cm³/mol. The van der Waals surface area contributed by atoms with Crippen LogP contribution in [0.25, 0.3) is 86.4 Å². The SMILES string of the molecule is Cn1c2c(c3ccccc31)B1c3c(cccc3N(c3ccc4c5ccccc5c5ccccc5c4c3)c3c1c1ccccc1n3C)N2c1ccc2c3ccccc3c3ccccc3c2c1. The van der Waals surface area contributed by atoms with Gasteiger partial charge in [0, 0.05) is 47.9 Å². The number of nitrogens with zero attached hydrogens (tertiary/aromatic N) is 4. The lowest BCUT2D eigenvalue weighted by molar-refractivity contribution is 0.945. The van der Waals surface area contributed by atoms with Crippen LogP contribution in [-0.2, 0) is 14.1 Å². The third kappa shape index (κ3) is 4.47. The lowest BCUT2D eigenvalue weighted by Gasteiger charge is -2.43. The number of para-hydroxylation sites is 2. The molecule has 4 nitrogen and oxygen atoms in total. The first kappa shape index (κ1) is 35.2. The van der Waals surface area contributed by atoms with Crippen LogP contribution in [0.2, 0.25) is 0 Å². The smallest absolute Gasteiger partial charge is 0.257 e. The van der Waals surface area contributed by atoms with Gasteiger partial charge in [0.15, 0.2) is 0 Å². The van der Waals surface area contributed by atoms with Crippen LogP contribution < -0.4 is 26.2 Å². The number of aryl methyl sites for hydroxylation is 2. The minimum Gasteiger partial charge on any atom is -0.330 e. The molecule has 0 unspecified atom stereocenters. The molecule has 2 aliphatic heterocycles. The number of rotatable bonds is 2. The Morgan fingerprint density at radius 2 is 0.585 bits per heavy atom. The topological polar surface area (TPSA) is 16.3 Å². The summed E-state index contributed by atoms with van der Waals surface area (Å²) in [5, 5.41) is 17.9. The van der Waals surface area contributed by atoms with E-state index in [0.29, 0.717) is 0 Å². The number of hydrogen-bond donors (Lipinski definition) is 0. The maximum Gasteiger partial charge on any atom is 0.257 e. The highest BCUT2D eigenvalue weighted by Crippen LogP contribution is 2.49. The first-order chi connectivity index (χ1) is 32.1. The summed E-state index contributed by atoms with van der Waals surface area (Å²) in [6.45, 7) is -0.0219. The van der Waals surface area contributed by atoms with Crippen molar-refractivity contribution in [1.82, 2.24) is 9.13 Å². The van der Waals surface area contributed by atoms with Crippen molar-refractivity contribution in [3.8, 4) is 0 Å². The minimum absolute atomic E-state index is 0.0219. The molecule has 0 atom stereocenters. The summed E-state index contributed by atoms with van der Waals surface area (Å²) in [4.78, 5) is 5.14. The predicted octanol–water partition coefficient (Wildman–Crippen LogP) is 13.7. The van der Waals surface area contributed by atoms with Crippen LogP contribution in [0, 0.1) is 0 Å². The van der Waals surface area contributed by atoms with Crippen molar-refractivity contribution >= 4 is 144 Å². The second kappa shape index (κ2) is 12.7. The second-order valence-corrected chi connectivity index (χ2v) is 18.1. The maximum absolute atomic E-state index is 2.57. The van der Waals surface area contributed by atoms with Crippen LogP contribution in [0.4, 0.5) is 34.4 Å². The van der Waals surface area contributed by atoms with Crippen molar-refractivity contribution in [3.05, 3.63) is 200 Å². The lowest BCUT2D eigenvalue weighted by atomic mass is 9.33. The van der Waals surface area contributed by atoms with Crippen molar-refractivity contribution in [3.63, 3.8) is 0 Å². The monoisotopic (exact) mass is 826 g/mol. The van der Waals surface area contributed by atoms with Crippen molar-refractivity contribution in [2.24, 2.45) is 14.1 Å². The molecule has 13 aromatic rings. The lowest BCUT2D eigenvalue weighted by Crippen LogP contribution is -2.61. The molecule has 0 amide bonds. The summed E-state index contributed by atoms with van der Waals surface area (Å²) in [6.07, 6.45) is 0. The first-order valence-electron chi connectivity index (χ1n) is 22.7. The molecular weight excluding hydrogens is 787 g/mol. The maximum atomic E-state index is 2.57. The Bertz CT molecular complexity index is 3910. The molecule has 2 aromatic heterocycles. The molecule has 5 heteroatoms. The summed E-state index contributed by atoms with van der Waals surface area (Å²) >= 11 is 0. The number of fused-ring (bicyclic) bond motifs is 20. The van der Waals surface area contributed by atoms with Gasteiger partial charge in [-0.1, -0.05) is 152 Å². The molecule has 0 saturated heterocycles. The van der Waals surface area contributed by atoms with Crippen molar-refractivity contribution in [1.29, 1.82) is 0 Å². The zero-order chi connectivity index (χ0) is 42.7. The van der Waals surface area contributed by atoms with Gasteiger partial charge in [-0.05, 0) is 140 Å². The van der Waals surface area contributed by atoms with Crippen LogP contribution in [0.5, 0.6) is 0 Å². The van der Waals surface area contributed by atoms with Crippen molar-refractivity contribution in [2.75, 3.05) is 9.80 Å². The van der Waals surface area contributed by atoms with Crippen LogP contribution in [0.1, 0.15) is 0 Å². The fraction of sp³-hybridized carbons (Fsp3) is 0.0333. The van der Waals surface area contributed by atoms with Gasteiger partial charge in [0.1, 0.15) is 11.6 Å². The van der Waals surface area contributed by atoms with E-state index in [1.54, 1.807) is 0 Å². The van der Waals surface area contributed by atoms with Gasteiger partial charge in [0.05, 0.1) is 0 Å². The standard InChI is InChI=1S/C60H39BN4/c1-62-52-26-13-11-24-48(52)56-59(62)64(36-30-32-46-42-20-5-3-16-38(42)40-18-7-9-22-44(40)50(46)34-36)54-28-15-29-55-58(54)61(56)57-49-25-12-14-27-53(49)63(2)60(57)65(55)37-31-33-47-43-21-6-4-17-39(43)41-19-8-10-23-45(41)51(47)35-37/h3-35H,1-2H3. The Balaban J connectivity index is 1.06. The Morgan fingerprint density at radius 3 is 0.954 bits per heavy atom. The van der Waals surface area contributed by atoms with E-state index in [2.05, 4.69) is 233 Å². The Hall–Kier alpha value is -8.28. The molecule has 0 spiro atoms. The molecule has 0 fully saturated rings. The van der Waals surface area contributed by atoms with Crippen LogP contribution in [0.3, 0.4) is 0 Å². The van der Waals surface area contributed by atoms with Gasteiger partial charge >= 0.3 is 0 Å². The summed E-state index contributed by atoms with van der Waals surface area (Å²) in [7, 11) is 4.52. The molecule has 0 bridgehead atoms. The summed E-state index contributed by atoms with van der Waals surface area (Å²) in [5.41, 5.74) is 11.2. The molecular formula is C60H39BN4. The molecule has 4 heterocycles. The van der Waals surface area contributed by atoms with Gasteiger partial charge in [-0.25, -0.2) is 0 Å². The van der Waals surface area contributed by atoms with Gasteiger partial charge in [0.25, 0.3) is 6.71 Å². The first-order valence-corrected chi connectivity index (χ1v) is 22.7. The van der Waals surface area contributed by atoms with E-state index < -0.39 is 0 Å². The summed E-state index contributed by atoms with van der Waals surface area (Å²) < 4.78 is 4.89. The van der Waals surface area contributed by atoms with Crippen LogP contribution in [0.15, 0.2) is 200 Å². The third-order valence-corrected chi connectivity index (χ3v) is 15.0. The zero-order valence-corrected chi connectivity index (χ0v) is 35.9. The second-order valence-electron chi connectivity index (χ2n) is 18.1. The van der Waals surface area contributed by atoms with Crippen LogP contribution >= 0.6 is 0 Å². The molecule has 65 heavy (non-hydrogen) atoms. The molecule has 302 valence electrons. The molecule has 11 aromatic carbocycles. The van der Waals surface area contributed by atoms with Crippen LogP contribution in [-0.4, -0.2) is 15.8 Å². The average molecular weight is 827 g/mol. The van der Waals surface area contributed by atoms with E-state index in [9.17, 15) is 0 Å². The Morgan fingerprint density at radius 1 is 0.277 bits per heavy atom. The molecule has 0 N–H and O–H groups in total. The molecule has 0 radical (unpaired) electrons. The number of hydrogen-bond acceptors (Lipinski definition) is 2. The largest absolute Gasteiger partial charge is 0.330 e. The van der Waals surface area contributed by atoms with E-state index in [-0.39, 0.29) is 6.71 Å². The van der Waals surface area contributed by atoms with Crippen molar-refractivity contribution in [2.45, 2.75) is 0 Å². The van der Waals surface area contributed by atoms with Gasteiger partial charge in [0.2, 0.25) is 0 Å². The highest BCUT2D eigenvalue weighted by atomic mass is 15.3. The average Bonchev–Trinajstić information content (AvgIpc) is 3.83. The summed E-state index contributed by atoms with van der Waals surface area (Å²) in [5.74, 6) is 2.42. The van der Waals surface area contributed by atoms with E-state index in [1.807, 2.05) is 0 Å². The van der Waals surface area contributed by atoms with E-state index >= 15 is 0 Å². The number of aromatic nitrogens is 2. The Labute approximate surface area is 375 Å². The molecule has 0 aliphatic carbocycles. The van der Waals surface area contributed by atoms with Gasteiger partial charge in [-0.15, -0.1) is 0 Å². The van der Waals surface area contributed by atoms with Gasteiger partial charge in [-0.2, -0.15) is 0 Å². The van der Waals surface area contributed by atoms with Gasteiger partial charge in [-0.3, -0.25) is 9.80 Å². The number of benzene rings is 11. The normalized spacial score (nSPS) is 13.3. The van der Waals surface area contributed by atoms with Gasteiger partial charge < -0.3 is 9.13 Å². The highest BCUT2D eigenvalue weighted by Gasteiger charge is 2.48. The summed E-state index contributed by atoms with van der Waals surface area (Å²) in [6, 6.07) is 75.0. The molecule has 0 saturated carbocycles. The number of anilines is 6. The van der Waals surface area contributed by atoms with E-state index in [4.69, 9.17) is 0 Å². The minimum atomic E-state index is -0.0219. The quantitative estimate of drug-likeness (QED) is 0.128. The highest BCUT2D eigenvalue weighted by molar-refractivity contribution is 7.03. The fourth-order valence-electron chi connectivity index (χ4n) is 12.4. The third-order valence-electron chi connectivity index (χ3n) is 15.0. The molecule has 15 rings (SSSR count). The zero-order valence-electron chi connectivity index (χ0n) is 35.9. The van der Waals surface area contributed by atoms with Crippen molar-refractivity contribution < 1.29 is 0 Å². The Kier molecular flexibility index (Phi) is 6.87. The van der Waals surface area contributed by atoms with E-state index in [0.717, 1.165) is 11.4 Å². The fourth-order valence-corrected chi connectivity index (χ4v) is 12.4.